The molecule has 0 saturated carbocycles. The maximum atomic E-state index is 13.3. The molecule has 0 spiro atoms. The Bertz CT molecular complexity index is 687. The van der Waals surface area contributed by atoms with Crippen LogP contribution in [0.3, 0.4) is 0 Å². The van der Waals surface area contributed by atoms with Crippen molar-refractivity contribution in [3.63, 3.8) is 0 Å². The molecule has 0 bridgehead atoms. The van der Waals surface area contributed by atoms with E-state index in [1.54, 1.807) is 13.8 Å². The van der Waals surface area contributed by atoms with Gasteiger partial charge in [0.15, 0.2) is 17.5 Å². The lowest BCUT2D eigenvalue weighted by Gasteiger charge is -2.06. The molecule has 0 amide bonds. The molecule has 2 rings (SSSR count). The normalized spacial score (nSPS) is 10.9. The van der Waals surface area contributed by atoms with Crippen LogP contribution >= 0.6 is 0 Å². The molecular formula is C14H13F3N2O2. The van der Waals surface area contributed by atoms with E-state index in [4.69, 9.17) is 5.11 Å². The van der Waals surface area contributed by atoms with E-state index in [-0.39, 0.29) is 18.5 Å². The van der Waals surface area contributed by atoms with Crippen molar-refractivity contribution < 1.29 is 23.1 Å². The topological polar surface area (TPSA) is 55.1 Å². The highest BCUT2D eigenvalue weighted by molar-refractivity contribution is 5.67. The number of rotatable bonds is 4. The Kier molecular flexibility index (Phi) is 4.02. The van der Waals surface area contributed by atoms with Gasteiger partial charge >= 0.3 is 5.97 Å². The first-order valence-corrected chi connectivity index (χ1v) is 6.23. The zero-order valence-electron chi connectivity index (χ0n) is 11.5. The van der Waals surface area contributed by atoms with Crippen molar-refractivity contribution in [1.29, 1.82) is 0 Å². The zero-order chi connectivity index (χ0) is 15.7. The Morgan fingerprint density at radius 2 is 1.81 bits per heavy atom. The van der Waals surface area contributed by atoms with Gasteiger partial charge in [0, 0.05) is 24.2 Å². The van der Waals surface area contributed by atoms with Crippen LogP contribution in [0.5, 0.6) is 0 Å². The summed E-state index contributed by atoms with van der Waals surface area (Å²) in [5, 5.41) is 12.9. The smallest absolute Gasteiger partial charge is 0.303 e. The highest BCUT2D eigenvalue weighted by Gasteiger charge is 2.17. The van der Waals surface area contributed by atoms with Gasteiger partial charge in [-0.1, -0.05) is 0 Å². The van der Waals surface area contributed by atoms with Crippen molar-refractivity contribution in [3.05, 3.63) is 46.5 Å². The molecule has 7 heteroatoms. The number of aryl methyl sites for hydroxylation is 1. The molecule has 2 aromatic rings. The second kappa shape index (κ2) is 5.59. The first-order chi connectivity index (χ1) is 9.81. The van der Waals surface area contributed by atoms with E-state index >= 15 is 0 Å². The van der Waals surface area contributed by atoms with Crippen LogP contribution in [0.2, 0.25) is 0 Å². The zero-order valence-corrected chi connectivity index (χ0v) is 11.5. The van der Waals surface area contributed by atoms with Crippen LogP contribution in [-0.2, 0) is 11.2 Å². The fraction of sp³-hybridized carbons (Fsp3) is 0.286. The fourth-order valence-corrected chi connectivity index (χ4v) is 2.18. The monoisotopic (exact) mass is 298 g/mol. The quantitative estimate of drug-likeness (QED) is 0.883. The number of halogens is 3. The number of hydrogen-bond acceptors (Lipinski definition) is 2. The molecule has 1 heterocycles. The molecule has 0 aliphatic rings. The summed E-state index contributed by atoms with van der Waals surface area (Å²) in [5.41, 5.74) is 1.88. The summed E-state index contributed by atoms with van der Waals surface area (Å²) in [6.45, 7) is 3.34. The number of hydrogen-bond donors (Lipinski definition) is 1. The van der Waals surface area contributed by atoms with Gasteiger partial charge in [0.1, 0.15) is 0 Å². The predicted molar refractivity (Wildman–Crippen MR) is 68.9 cm³/mol. The number of aliphatic carboxylic acids is 1. The molecule has 0 fully saturated rings. The molecule has 21 heavy (non-hydrogen) atoms. The number of carboxylic acid groups (broad SMARTS) is 1. The highest BCUT2D eigenvalue weighted by atomic mass is 19.2. The van der Waals surface area contributed by atoms with E-state index in [0.29, 0.717) is 17.0 Å². The van der Waals surface area contributed by atoms with Crippen molar-refractivity contribution in [2.24, 2.45) is 0 Å². The lowest BCUT2D eigenvalue weighted by atomic mass is 10.1. The van der Waals surface area contributed by atoms with E-state index in [0.717, 1.165) is 12.1 Å². The summed E-state index contributed by atoms with van der Waals surface area (Å²) in [6, 6.07) is 1.69. The largest absolute Gasteiger partial charge is 0.481 e. The van der Waals surface area contributed by atoms with Crippen LogP contribution in [0.25, 0.3) is 5.69 Å². The van der Waals surface area contributed by atoms with Crippen LogP contribution < -0.4 is 0 Å². The first kappa shape index (κ1) is 15.1. The van der Waals surface area contributed by atoms with Gasteiger partial charge in [-0.2, -0.15) is 5.10 Å². The summed E-state index contributed by atoms with van der Waals surface area (Å²) in [6.07, 6.45) is 0.193. The molecule has 0 unspecified atom stereocenters. The van der Waals surface area contributed by atoms with E-state index in [1.807, 2.05) is 0 Å². The molecule has 1 aromatic carbocycles. The molecule has 0 atom stereocenters. The van der Waals surface area contributed by atoms with Crippen LogP contribution in [0.4, 0.5) is 13.2 Å². The maximum absolute atomic E-state index is 13.3. The van der Waals surface area contributed by atoms with Gasteiger partial charge in [-0.15, -0.1) is 0 Å². The third-order valence-electron chi connectivity index (χ3n) is 3.24. The van der Waals surface area contributed by atoms with Crippen molar-refractivity contribution in [2.75, 3.05) is 0 Å². The fourth-order valence-electron chi connectivity index (χ4n) is 2.18. The van der Waals surface area contributed by atoms with E-state index in [1.165, 1.54) is 4.68 Å². The van der Waals surface area contributed by atoms with E-state index in [9.17, 15) is 18.0 Å². The van der Waals surface area contributed by atoms with Crippen LogP contribution in [-0.4, -0.2) is 20.9 Å². The van der Waals surface area contributed by atoms with Gasteiger partial charge in [0.25, 0.3) is 0 Å². The van der Waals surface area contributed by atoms with Gasteiger partial charge in [-0.3, -0.25) is 4.79 Å². The van der Waals surface area contributed by atoms with Crippen molar-refractivity contribution in [2.45, 2.75) is 26.7 Å². The first-order valence-electron chi connectivity index (χ1n) is 6.23. The molecule has 112 valence electrons. The van der Waals surface area contributed by atoms with Gasteiger partial charge < -0.3 is 5.11 Å². The van der Waals surface area contributed by atoms with E-state index in [2.05, 4.69) is 5.10 Å². The number of carboxylic acids is 1. The molecule has 0 aliphatic heterocycles. The van der Waals surface area contributed by atoms with Gasteiger partial charge in [-0.25, -0.2) is 17.9 Å². The van der Waals surface area contributed by atoms with Crippen molar-refractivity contribution in [1.82, 2.24) is 9.78 Å². The molecule has 1 N–H and O–H groups in total. The summed E-state index contributed by atoms with van der Waals surface area (Å²) >= 11 is 0. The second-order valence-corrected chi connectivity index (χ2v) is 4.68. The third kappa shape index (κ3) is 2.91. The van der Waals surface area contributed by atoms with Gasteiger partial charge in [0.05, 0.1) is 11.4 Å². The molecule has 0 aliphatic carbocycles. The molecular weight excluding hydrogens is 285 g/mol. The van der Waals surface area contributed by atoms with Gasteiger partial charge in [-0.05, 0) is 25.8 Å². The Hall–Kier alpha value is -2.31. The minimum Gasteiger partial charge on any atom is -0.481 e. The van der Waals surface area contributed by atoms with Crippen LogP contribution in [0.1, 0.15) is 23.4 Å². The van der Waals surface area contributed by atoms with Crippen LogP contribution in [0, 0.1) is 31.3 Å². The number of aromatic nitrogens is 2. The maximum Gasteiger partial charge on any atom is 0.303 e. The Labute approximate surface area is 118 Å². The Morgan fingerprint density at radius 3 is 2.33 bits per heavy atom. The lowest BCUT2D eigenvalue weighted by Crippen LogP contribution is -2.03. The molecule has 4 nitrogen and oxygen atoms in total. The Balaban J connectivity index is 2.46. The van der Waals surface area contributed by atoms with E-state index < -0.39 is 23.4 Å². The predicted octanol–water partition coefficient (Wildman–Crippen LogP) is 2.92. The summed E-state index contributed by atoms with van der Waals surface area (Å²) in [7, 11) is 0. The minimum absolute atomic E-state index is 0.0496. The third-order valence-corrected chi connectivity index (χ3v) is 3.24. The Morgan fingerprint density at radius 1 is 1.24 bits per heavy atom. The summed E-state index contributed by atoms with van der Waals surface area (Å²) < 4.78 is 40.8. The molecule has 1 aromatic heterocycles. The number of benzene rings is 1. The molecule has 0 saturated heterocycles. The minimum atomic E-state index is -1.54. The van der Waals surface area contributed by atoms with Gasteiger partial charge in [0.2, 0.25) is 0 Å². The average molecular weight is 298 g/mol. The molecule has 0 radical (unpaired) electrons. The number of carbonyl (C=O) groups is 1. The second-order valence-electron chi connectivity index (χ2n) is 4.68. The van der Waals surface area contributed by atoms with Crippen molar-refractivity contribution in [3.8, 4) is 5.69 Å². The summed E-state index contributed by atoms with van der Waals surface area (Å²) in [4.78, 5) is 10.6. The van der Waals surface area contributed by atoms with Crippen LogP contribution in [0.15, 0.2) is 12.1 Å². The summed E-state index contributed by atoms with van der Waals surface area (Å²) in [5.74, 6) is -5.08. The lowest BCUT2D eigenvalue weighted by molar-refractivity contribution is -0.136. The average Bonchev–Trinajstić information content (AvgIpc) is 2.68. The standard InChI is InChI=1S/C14H13F3N2O2/c1-7-10(3-4-13(20)21)8(2)19(18-7)9-5-11(15)14(17)12(16)6-9/h5-6H,3-4H2,1-2H3,(H,20,21). The highest BCUT2D eigenvalue weighted by Crippen LogP contribution is 2.22. The van der Waals surface area contributed by atoms with Crippen molar-refractivity contribution >= 4 is 5.97 Å². The SMILES string of the molecule is Cc1nn(-c2cc(F)c(F)c(F)c2)c(C)c1CCC(=O)O. The number of nitrogens with zero attached hydrogens (tertiary/aromatic N) is 2.